The van der Waals surface area contributed by atoms with Crippen molar-refractivity contribution in [2.45, 2.75) is 11.8 Å². The van der Waals surface area contributed by atoms with Crippen LogP contribution in [0.15, 0.2) is 71.6 Å². The van der Waals surface area contributed by atoms with Crippen molar-refractivity contribution in [2.75, 3.05) is 10.0 Å². The largest absolute Gasteiger partial charge is 0.478 e. The van der Waals surface area contributed by atoms with Gasteiger partial charge in [-0.3, -0.25) is 9.52 Å². The summed E-state index contributed by atoms with van der Waals surface area (Å²) in [6.07, 6.45) is 0. The Balaban J connectivity index is 1.83. The highest BCUT2D eigenvalue weighted by Crippen LogP contribution is 2.22. The molecule has 0 radical (unpaired) electrons. The predicted octanol–water partition coefficient (Wildman–Crippen LogP) is 4.35. The maximum Gasteiger partial charge on any atom is 0.335 e. The lowest BCUT2D eigenvalue weighted by molar-refractivity contribution is 0.0696. The van der Waals surface area contributed by atoms with Crippen LogP contribution in [0.1, 0.15) is 26.3 Å². The number of sulfonamides is 1. The minimum absolute atomic E-state index is 0.00470. The quantitative estimate of drug-likeness (QED) is 0.406. The highest BCUT2D eigenvalue weighted by molar-refractivity contribution is 14.1. The second kappa shape index (κ2) is 8.84. The lowest BCUT2D eigenvalue weighted by Gasteiger charge is -2.12. The van der Waals surface area contributed by atoms with Gasteiger partial charge in [0.25, 0.3) is 15.9 Å². The molecule has 9 heteroatoms. The van der Waals surface area contributed by atoms with Crippen LogP contribution in [0, 0.1) is 10.5 Å². The molecule has 0 unspecified atom stereocenters. The molecule has 7 nitrogen and oxygen atoms in total. The van der Waals surface area contributed by atoms with Gasteiger partial charge in [0, 0.05) is 20.5 Å². The van der Waals surface area contributed by atoms with Crippen LogP contribution in [0.5, 0.6) is 0 Å². The molecule has 0 saturated carbocycles. The van der Waals surface area contributed by atoms with Crippen molar-refractivity contribution in [2.24, 2.45) is 0 Å². The van der Waals surface area contributed by atoms with E-state index in [4.69, 9.17) is 5.11 Å². The Hall–Kier alpha value is -2.92. The summed E-state index contributed by atoms with van der Waals surface area (Å²) in [5.74, 6) is -1.58. The summed E-state index contributed by atoms with van der Waals surface area (Å²) >= 11 is 2.13. The molecule has 0 aromatic heterocycles. The van der Waals surface area contributed by atoms with E-state index in [2.05, 4.69) is 32.6 Å². The van der Waals surface area contributed by atoms with E-state index in [0.717, 1.165) is 3.57 Å². The molecule has 0 spiro atoms. The molecule has 3 rings (SSSR count). The second-order valence-corrected chi connectivity index (χ2v) is 9.33. The van der Waals surface area contributed by atoms with Gasteiger partial charge in [0.15, 0.2) is 0 Å². The molecular formula is C21H17IN2O5S. The number of hydrogen-bond acceptors (Lipinski definition) is 4. The number of amides is 1. The van der Waals surface area contributed by atoms with Crippen LogP contribution in [0.3, 0.4) is 0 Å². The van der Waals surface area contributed by atoms with Crippen molar-refractivity contribution in [3.05, 3.63) is 87.0 Å². The van der Waals surface area contributed by atoms with Gasteiger partial charge < -0.3 is 10.4 Å². The van der Waals surface area contributed by atoms with E-state index >= 15 is 0 Å². The molecular weight excluding hydrogens is 519 g/mol. The Morgan fingerprint density at radius 2 is 1.43 bits per heavy atom. The lowest BCUT2D eigenvalue weighted by Crippen LogP contribution is -2.17. The molecule has 3 N–H and O–H groups in total. The Labute approximate surface area is 187 Å². The zero-order chi connectivity index (χ0) is 21.9. The van der Waals surface area contributed by atoms with Gasteiger partial charge in [-0.15, -0.1) is 0 Å². The summed E-state index contributed by atoms with van der Waals surface area (Å²) in [6.45, 7) is 1.65. The zero-order valence-electron chi connectivity index (χ0n) is 15.7. The Morgan fingerprint density at radius 3 is 2.03 bits per heavy atom. The zero-order valence-corrected chi connectivity index (χ0v) is 18.7. The summed E-state index contributed by atoms with van der Waals surface area (Å²) in [5.41, 5.74) is 1.56. The van der Waals surface area contributed by atoms with Crippen molar-refractivity contribution in [3.8, 4) is 0 Å². The molecule has 0 fully saturated rings. The van der Waals surface area contributed by atoms with Gasteiger partial charge in [0.1, 0.15) is 0 Å². The Bertz CT molecular complexity index is 1210. The van der Waals surface area contributed by atoms with Crippen molar-refractivity contribution in [1.29, 1.82) is 0 Å². The van der Waals surface area contributed by atoms with E-state index < -0.39 is 21.9 Å². The van der Waals surface area contributed by atoms with Crippen molar-refractivity contribution < 1.29 is 23.1 Å². The van der Waals surface area contributed by atoms with E-state index in [1.165, 1.54) is 36.4 Å². The molecule has 3 aromatic rings. The number of carboxylic acids is 1. The van der Waals surface area contributed by atoms with Gasteiger partial charge in [-0.1, -0.05) is 6.07 Å². The van der Waals surface area contributed by atoms with Crippen LogP contribution >= 0.6 is 22.6 Å². The standard InChI is InChI=1S/C21H17IN2O5S/c1-13-2-3-15(20(25)23-17-8-4-14(5-9-17)21(26)27)12-19(13)30(28,29)24-18-10-6-16(22)7-11-18/h2-12,24H,1H3,(H,23,25)(H,26,27). The van der Waals surface area contributed by atoms with E-state index in [1.54, 1.807) is 37.3 Å². The van der Waals surface area contributed by atoms with Gasteiger partial charge in [-0.2, -0.15) is 0 Å². The first-order valence-corrected chi connectivity index (χ1v) is 11.3. The van der Waals surface area contributed by atoms with Crippen molar-refractivity contribution in [1.82, 2.24) is 0 Å². The summed E-state index contributed by atoms with van der Waals surface area (Å²) in [4.78, 5) is 23.5. The fourth-order valence-corrected chi connectivity index (χ4v) is 4.35. The number of benzene rings is 3. The molecule has 0 aliphatic heterocycles. The number of carbonyl (C=O) groups is 2. The average Bonchev–Trinajstić information content (AvgIpc) is 2.70. The molecule has 0 atom stereocenters. The second-order valence-electron chi connectivity index (χ2n) is 6.43. The Kier molecular flexibility index (Phi) is 6.42. The summed E-state index contributed by atoms with van der Waals surface area (Å²) in [7, 11) is -3.90. The van der Waals surface area contributed by atoms with Gasteiger partial charge in [-0.25, -0.2) is 13.2 Å². The molecule has 0 aliphatic rings. The highest BCUT2D eigenvalue weighted by Gasteiger charge is 2.19. The fraction of sp³-hybridized carbons (Fsp3) is 0.0476. The molecule has 0 heterocycles. The third kappa shape index (κ3) is 5.16. The summed E-state index contributed by atoms with van der Waals surface area (Å²) in [6, 6.07) is 16.9. The molecule has 0 saturated heterocycles. The van der Waals surface area contributed by atoms with Gasteiger partial charge in [0.2, 0.25) is 0 Å². The lowest BCUT2D eigenvalue weighted by atomic mass is 10.1. The first-order valence-electron chi connectivity index (χ1n) is 8.69. The SMILES string of the molecule is Cc1ccc(C(=O)Nc2ccc(C(=O)O)cc2)cc1S(=O)(=O)Nc1ccc(I)cc1. The monoisotopic (exact) mass is 536 g/mol. The van der Waals surface area contributed by atoms with E-state index in [1.807, 2.05) is 0 Å². The molecule has 1 amide bonds. The maximum atomic E-state index is 12.8. The molecule has 30 heavy (non-hydrogen) atoms. The number of carbonyl (C=O) groups excluding carboxylic acids is 1. The molecule has 3 aromatic carbocycles. The highest BCUT2D eigenvalue weighted by atomic mass is 127. The predicted molar refractivity (Wildman–Crippen MR) is 123 cm³/mol. The number of hydrogen-bond donors (Lipinski definition) is 3. The van der Waals surface area contributed by atoms with Crippen LogP contribution < -0.4 is 10.0 Å². The smallest absolute Gasteiger partial charge is 0.335 e. The van der Waals surface area contributed by atoms with Crippen LogP contribution in [0.25, 0.3) is 0 Å². The van der Waals surface area contributed by atoms with Gasteiger partial charge in [-0.05, 0) is 95.7 Å². The number of aromatic carboxylic acids is 1. The molecule has 154 valence electrons. The topological polar surface area (TPSA) is 113 Å². The number of anilines is 2. The van der Waals surface area contributed by atoms with Crippen molar-refractivity contribution in [3.63, 3.8) is 0 Å². The number of halogens is 1. The average molecular weight is 536 g/mol. The van der Waals surface area contributed by atoms with Gasteiger partial charge >= 0.3 is 5.97 Å². The van der Waals surface area contributed by atoms with Gasteiger partial charge in [0.05, 0.1) is 10.5 Å². The normalized spacial score (nSPS) is 11.0. The number of aryl methyl sites for hydroxylation is 1. The first-order chi connectivity index (χ1) is 14.2. The van der Waals surface area contributed by atoms with Crippen LogP contribution in [-0.4, -0.2) is 25.4 Å². The Morgan fingerprint density at radius 1 is 0.867 bits per heavy atom. The minimum atomic E-state index is -3.90. The van der Waals surface area contributed by atoms with E-state index in [9.17, 15) is 18.0 Å². The fourth-order valence-electron chi connectivity index (χ4n) is 2.66. The van der Waals surface area contributed by atoms with Crippen molar-refractivity contribution >= 4 is 55.9 Å². The number of nitrogens with one attached hydrogen (secondary N) is 2. The molecule has 0 aliphatic carbocycles. The number of carboxylic acid groups (broad SMARTS) is 1. The molecule has 0 bridgehead atoms. The minimum Gasteiger partial charge on any atom is -0.478 e. The number of rotatable bonds is 6. The third-order valence-corrected chi connectivity index (χ3v) is 6.47. The van der Waals surface area contributed by atoms with Crippen LogP contribution in [-0.2, 0) is 10.0 Å². The van der Waals surface area contributed by atoms with Crippen LogP contribution in [0.4, 0.5) is 11.4 Å². The maximum absolute atomic E-state index is 12.8. The summed E-state index contributed by atoms with van der Waals surface area (Å²) < 4.78 is 29.2. The van der Waals surface area contributed by atoms with Crippen LogP contribution in [0.2, 0.25) is 0 Å². The third-order valence-electron chi connectivity index (χ3n) is 4.23. The summed E-state index contributed by atoms with van der Waals surface area (Å²) in [5, 5.41) is 11.6. The van der Waals surface area contributed by atoms with E-state index in [0.29, 0.717) is 16.9 Å². The first kappa shape index (κ1) is 21.8. The van der Waals surface area contributed by atoms with E-state index in [-0.39, 0.29) is 16.0 Å².